The number of para-hydroxylation sites is 3. The van der Waals surface area contributed by atoms with Crippen molar-refractivity contribution in [2.24, 2.45) is 0 Å². The molecule has 0 aliphatic rings. The minimum Gasteiger partial charge on any atom is -0.455 e. The largest absolute Gasteiger partial charge is 0.455 e. The minimum atomic E-state index is -0.532. The molecule has 142 valence electrons. The van der Waals surface area contributed by atoms with Crippen molar-refractivity contribution >= 4 is 17.6 Å². The zero-order valence-corrected chi connectivity index (χ0v) is 15.8. The number of rotatable bonds is 6. The highest BCUT2D eigenvalue weighted by atomic mass is 16.5. The Bertz CT molecular complexity index is 963. The first-order chi connectivity index (χ1) is 13.5. The van der Waals surface area contributed by atoms with E-state index < -0.39 is 11.9 Å². The summed E-state index contributed by atoms with van der Waals surface area (Å²) in [5, 5.41) is 2.72. The number of carbonyl (C=O) groups is 2. The van der Waals surface area contributed by atoms with Gasteiger partial charge in [-0.25, -0.2) is 4.79 Å². The molecule has 0 saturated heterocycles. The minimum absolute atomic E-state index is 0.383. The van der Waals surface area contributed by atoms with Gasteiger partial charge >= 0.3 is 5.97 Å². The van der Waals surface area contributed by atoms with Gasteiger partial charge in [-0.3, -0.25) is 4.79 Å². The fourth-order valence-electron chi connectivity index (χ4n) is 2.77. The van der Waals surface area contributed by atoms with E-state index in [9.17, 15) is 9.59 Å². The van der Waals surface area contributed by atoms with Gasteiger partial charge in [0.05, 0.1) is 11.3 Å². The SMILES string of the molecule is Cc1cc(C)cc(C(=O)OCC(=O)Nc2ccccc2Oc2ccccc2)c1. The van der Waals surface area contributed by atoms with E-state index >= 15 is 0 Å². The normalized spacial score (nSPS) is 10.2. The average molecular weight is 375 g/mol. The molecule has 5 heteroatoms. The molecule has 3 aromatic rings. The second-order valence-corrected chi connectivity index (χ2v) is 6.41. The van der Waals surface area contributed by atoms with Crippen LogP contribution in [-0.4, -0.2) is 18.5 Å². The van der Waals surface area contributed by atoms with E-state index in [0.29, 0.717) is 22.7 Å². The first-order valence-electron chi connectivity index (χ1n) is 8.88. The number of carbonyl (C=O) groups excluding carboxylic acids is 2. The standard InChI is InChI=1S/C23H21NO4/c1-16-12-17(2)14-18(13-16)23(26)27-15-22(25)24-20-10-6-7-11-21(20)28-19-8-4-3-5-9-19/h3-14H,15H2,1-2H3,(H,24,25). The molecule has 5 nitrogen and oxygen atoms in total. The first-order valence-corrected chi connectivity index (χ1v) is 8.88. The number of anilines is 1. The van der Waals surface area contributed by atoms with Gasteiger partial charge < -0.3 is 14.8 Å². The molecule has 0 saturated carbocycles. The molecule has 0 aliphatic heterocycles. The van der Waals surface area contributed by atoms with Gasteiger partial charge in [0.25, 0.3) is 5.91 Å². The van der Waals surface area contributed by atoms with Crippen LogP contribution >= 0.6 is 0 Å². The lowest BCUT2D eigenvalue weighted by Crippen LogP contribution is -2.21. The van der Waals surface area contributed by atoms with Crippen LogP contribution in [-0.2, 0) is 9.53 Å². The van der Waals surface area contributed by atoms with Crippen LogP contribution < -0.4 is 10.1 Å². The number of hydrogen-bond donors (Lipinski definition) is 1. The van der Waals surface area contributed by atoms with Crippen molar-refractivity contribution in [3.05, 3.63) is 89.5 Å². The predicted octanol–water partition coefficient (Wildman–Crippen LogP) is 4.89. The summed E-state index contributed by atoms with van der Waals surface area (Å²) in [6, 6.07) is 21.8. The summed E-state index contributed by atoms with van der Waals surface area (Å²) >= 11 is 0. The molecule has 0 atom stereocenters. The molecule has 0 heterocycles. The fourth-order valence-corrected chi connectivity index (χ4v) is 2.77. The van der Waals surface area contributed by atoms with Crippen molar-refractivity contribution in [1.82, 2.24) is 0 Å². The third kappa shape index (κ3) is 5.20. The molecule has 0 radical (unpaired) electrons. The summed E-state index contributed by atoms with van der Waals surface area (Å²) in [7, 11) is 0. The molecule has 0 unspecified atom stereocenters. The lowest BCUT2D eigenvalue weighted by molar-refractivity contribution is -0.119. The van der Waals surface area contributed by atoms with Crippen molar-refractivity contribution in [2.75, 3.05) is 11.9 Å². The van der Waals surface area contributed by atoms with E-state index in [2.05, 4.69) is 5.32 Å². The number of aryl methyl sites for hydroxylation is 2. The Morgan fingerprint density at radius 2 is 1.50 bits per heavy atom. The van der Waals surface area contributed by atoms with Crippen LogP contribution in [0.5, 0.6) is 11.5 Å². The molecule has 0 fully saturated rings. The van der Waals surface area contributed by atoms with Gasteiger partial charge in [0.1, 0.15) is 5.75 Å². The van der Waals surface area contributed by atoms with Gasteiger partial charge in [-0.2, -0.15) is 0 Å². The topological polar surface area (TPSA) is 64.6 Å². The monoisotopic (exact) mass is 375 g/mol. The number of ether oxygens (including phenoxy) is 2. The van der Waals surface area contributed by atoms with Gasteiger partial charge in [-0.15, -0.1) is 0 Å². The van der Waals surface area contributed by atoms with Crippen LogP contribution in [0.25, 0.3) is 0 Å². The van der Waals surface area contributed by atoms with E-state index in [4.69, 9.17) is 9.47 Å². The van der Waals surface area contributed by atoms with Crippen molar-refractivity contribution < 1.29 is 19.1 Å². The Morgan fingerprint density at radius 1 is 0.857 bits per heavy atom. The molecule has 0 aliphatic carbocycles. The van der Waals surface area contributed by atoms with Crippen molar-refractivity contribution in [3.8, 4) is 11.5 Å². The fraction of sp³-hybridized carbons (Fsp3) is 0.130. The summed E-state index contributed by atoms with van der Waals surface area (Å²) < 4.78 is 10.9. The summed E-state index contributed by atoms with van der Waals surface area (Å²) in [6.07, 6.45) is 0. The van der Waals surface area contributed by atoms with E-state index in [-0.39, 0.29) is 6.61 Å². The molecule has 0 spiro atoms. The van der Waals surface area contributed by atoms with Crippen LogP contribution in [0.15, 0.2) is 72.8 Å². The molecule has 3 aromatic carbocycles. The van der Waals surface area contributed by atoms with E-state index in [1.807, 2.05) is 56.3 Å². The van der Waals surface area contributed by atoms with Gasteiger partial charge in [0.15, 0.2) is 12.4 Å². The maximum atomic E-state index is 12.2. The van der Waals surface area contributed by atoms with Gasteiger partial charge in [-0.1, -0.05) is 47.5 Å². The maximum absolute atomic E-state index is 12.2. The number of benzene rings is 3. The summed E-state index contributed by atoms with van der Waals surface area (Å²) in [5.41, 5.74) is 2.85. The molecule has 0 aromatic heterocycles. The lowest BCUT2D eigenvalue weighted by atomic mass is 10.1. The lowest BCUT2D eigenvalue weighted by Gasteiger charge is -2.12. The van der Waals surface area contributed by atoms with Crippen LogP contribution in [0.2, 0.25) is 0 Å². The molecule has 1 N–H and O–H groups in total. The Balaban J connectivity index is 1.61. The number of esters is 1. The average Bonchev–Trinajstić information content (AvgIpc) is 2.68. The highest BCUT2D eigenvalue weighted by molar-refractivity contribution is 5.96. The Hall–Kier alpha value is -3.60. The zero-order valence-electron chi connectivity index (χ0n) is 15.8. The number of nitrogens with one attached hydrogen (secondary N) is 1. The predicted molar refractivity (Wildman–Crippen MR) is 108 cm³/mol. The zero-order chi connectivity index (χ0) is 19.9. The van der Waals surface area contributed by atoms with E-state index in [1.54, 1.807) is 30.3 Å². The van der Waals surface area contributed by atoms with Crippen molar-refractivity contribution in [2.45, 2.75) is 13.8 Å². The summed E-state index contributed by atoms with van der Waals surface area (Å²) in [5.74, 6) is 0.186. The molecule has 3 rings (SSSR count). The second kappa shape index (κ2) is 8.86. The molecular weight excluding hydrogens is 354 g/mol. The van der Waals surface area contributed by atoms with E-state index in [0.717, 1.165) is 11.1 Å². The highest BCUT2D eigenvalue weighted by Gasteiger charge is 2.13. The quantitative estimate of drug-likeness (QED) is 0.623. The molecule has 0 bridgehead atoms. The van der Waals surface area contributed by atoms with Crippen LogP contribution in [0, 0.1) is 13.8 Å². The second-order valence-electron chi connectivity index (χ2n) is 6.41. The third-order valence-electron chi connectivity index (χ3n) is 3.92. The Morgan fingerprint density at radius 3 is 2.21 bits per heavy atom. The van der Waals surface area contributed by atoms with Crippen LogP contribution in [0.3, 0.4) is 0 Å². The van der Waals surface area contributed by atoms with Crippen molar-refractivity contribution in [1.29, 1.82) is 0 Å². The Labute approximate surface area is 163 Å². The number of hydrogen-bond acceptors (Lipinski definition) is 4. The molecular formula is C23H21NO4. The maximum Gasteiger partial charge on any atom is 0.338 e. The number of amides is 1. The highest BCUT2D eigenvalue weighted by Crippen LogP contribution is 2.29. The van der Waals surface area contributed by atoms with Gasteiger partial charge in [0.2, 0.25) is 0 Å². The molecule has 28 heavy (non-hydrogen) atoms. The summed E-state index contributed by atoms with van der Waals surface area (Å²) in [6.45, 7) is 3.42. The van der Waals surface area contributed by atoms with Crippen molar-refractivity contribution in [3.63, 3.8) is 0 Å². The summed E-state index contributed by atoms with van der Waals surface area (Å²) in [4.78, 5) is 24.4. The van der Waals surface area contributed by atoms with Gasteiger partial charge in [0, 0.05) is 0 Å². The third-order valence-corrected chi connectivity index (χ3v) is 3.92. The van der Waals surface area contributed by atoms with E-state index in [1.165, 1.54) is 0 Å². The smallest absolute Gasteiger partial charge is 0.338 e. The van der Waals surface area contributed by atoms with Crippen LogP contribution in [0.4, 0.5) is 5.69 Å². The van der Waals surface area contributed by atoms with Crippen LogP contribution in [0.1, 0.15) is 21.5 Å². The molecule has 1 amide bonds. The van der Waals surface area contributed by atoms with Gasteiger partial charge in [-0.05, 0) is 50.2 Å². The first kappa shape index (κ1) is 19.2. The Kier molecular flexibility index (Phi) is 6.07.